The first kappa shape index (κ1) is 46.6. The van der Waals surface area contributed by atoms with Crippen molar-refractivity contribution >= 4 is 27.2 Å². The Morgan fingerprint density at radius 3 is 1.00 bits per heavy atom. The Bertz CT molecular complexity index is 77.3. The van der Waals surface area contributed by atoms with Crippen LogP contribution in [0.15, 0.2) is 0 Å². The SMILES string of the molecule is C.N.N.O=[PH]=O.[Li].[O]=[Fe]=[O]. The normalized spacial score (nSPS) is 2.80. The summed E-state index contributed by atoms with van der Waals surface area (Å²) in [6, 6.07) is 0. The van der Waals surface area contributed by atoms with Crippen LogP contribution in [-0.4, -0.2) is 18.9 Å². The van der Waals surface area contributed by atoms with Crippen molar-refractivity contribution < 1.29 is 31.6 Å². The maximum absolute atomic E-state index is 8.40. The third kappa shape index (κ3) is 1680. The van der Waals surface area contributed by atoms with Gasteiger partial charge in [0.15, 0.2) is 0 Å². The maximum atomic E-state index is 8.40. The molecule has 0 heterocycles. The van der Waals surface area contributed by atoms with Gasteiger partial charge in [-0.1, -0.05) is 7.43 Å². The minimum atomic E-state index is -1.42. The van der Waals surface area contributed by atoms with Crippen LogP contribution in [-0.2, 0) is 31.6 Å². The molecule has 0 aromatic carbocycles. The number of hydrogen-bond acceptors (Lipinski definition) is 6. The summed E-state index contributed by atoms with van der Waals surface area (Å²) in [7, 11) is -1.42. The van der Waals surface area contributed by atoms with E-state index in [1.807, 2.05) is 0 Å². The average molecular weight is 209 g/mol. The van der Waals surface area contributed by atoms with Crippen molar-refractivity contribution in [2.75, 3.05) is 0 Å². The summed E-state index contributed by atoms with van der Waals surface area (Å²) in [5.41, 5.74) is 0. The van der Waals surface area contributed by atoms with Crippen molar-refractivity contribution in [3.8, 4) is 0 Å². The van der Waals surface area contributed by atoms with Gasteiger partial charge in [0, 0.05) is 18.9 Å². The molecule has 0 aliphatic heterocycles. The number of hydrogen-bond donors (Lipinski definition) is 2. The molecule has 0 spiro atoms. The summed E-state index contributed by atoms with van der Waals surface area (Å²) in [6.45, 7) is 0. The summed E-state index contributed by atoms with van der Waals surface area (Å²) in [5.74, 6) is 0. The van der Waals surface area contributed by atoms with Crippen LogP contribution in [0.2, 0.25) is 0 Å². The third-order valence-corrected chi connectivity index (χ3v) is 0. The van der Waals surface area contributed by atoms with Gasteiger partial charge in [-0.25, -0.2) is 9.13 Å². The molecule has 0 amide bonds. The van der Waals surface area contributed by atoms with Crippen molar-refractivity contribution in [3.63, 3.8) is 0 Å². The Kier molecular flexibility index (Phi) is 503. The molecule has 0 aromatic rings. The first-order valence-corrected chi connectivity index (χ1v) is 2.41. The van der Waals surface area contributed by atoms with Gasteiger partial charge in [-0.15, -0.1) is 0 Å². The molecule has 0 unspecified atom stereocenters. The first-order valence-electron chi connectivity index (χ1n) is 0.697. The molecular weight excluding hydrogens is 198 g/mol. The molecule has 6 nitrogen and oxygen atoms in total. The molecule has 6 N–H and O–H groups in total. The summed E-state index contributed by atoms with van der Waals surface area (Å²) >= 11 is -1.25. The molecule has 0 aliphatic carbocycles. The molecular formula is CH11FeLiN2O4P. The molecule has 0 saturated carbocycles. The Labute approximate surface area is 78.7 Å². The predicted octanol–water partition coefficient (Wildman–Crippen LogP) is 0.695. The van der Waals surface area contributed by atoms with Gasteiger partial charge in [-0.2, -0.15) is 0 Å². The van der Waals surface area contributed by atoms with E-state index in [9.17, 15) is 0 Å². The van der Waals surface area contributed by atoms with E-state index in [1.165, 1.54) is 0 Å². The van der Waals surface area contributed by atoms with E-state index >= 15 is 0 Å². The van der Waals surface area contributed by atoms with Crippen molar-refractivity contribution in [1.82, 2.24) is 12.3 Å². The van der Waals surface area contributed by atoms with E-state index < -0.39 is 23.2 Å². The zero-order valence-corrected chi connectivity index (χ0v) is 7.00. The van der Waals surface area contributed by atoms with Gasteiger partial charge in [0.1, 0.15) is 0 Å². The molecule has 0 aliphatic rings. The average Bonchev–Trinajstić information content (AvgIpc) is 1.39. The Morgan fingerprint density at radius 1 is 1.00 bits per heavy atom. The van der Waals surface area contributed by atoms with Crippen LogP contribution in [0.5, 0.6) is 0 Å². The second-order valence-corrected chi connectivity index (χ2v) is 0.493. The van der Waals surface area contributed by atoms with Gasteiger partial charge in [-0.05, 0) is 0 Å². The number of rotatable bonds is 0. The molecule has 0 atom stereocenters. The van der Waals surface area contributed by atoms with Crippen molar-refractivity contribution in [3.05, 3.63) is 0 Å². The van der Waals surface area contributed by atoms with Crippen LogP contribution in [0.1, 0.15) is 7.43 Å². The standard InChI is InChI=1S/CH4.Fe.Li.2H3N.HO2P.2O/c;;;;;1-3-2;;/h1H4;;;2*1H3;3H;;. The van der Waals surface area contributed by atoms with Crippen molar-refractivity contribution in [2.45, 2.75) is 7.43 Å². The molecule has 10 heavy (non-hydrogen) atoms. The van der Waals surface area contributed by atoms with Gasteiger partial charge in [0.05, 0.1) is 0 Å². The summed E-state index contributed by atoms with van der Waals surface area (Å²) < 4.78 is 33.6. The van der Waals surface area contributed by atoms with E-state index in [2.05, 4.69) is 0 Å². The fourth-order valence-corrected chi connectivity index (χ4v) is 0. The van der Waals surface area contributed by atoms with Gasteiger partial charge in [-0.3, -0.25) is 0 Å². The topological polar surface area (TPSA) is 138 Å². The third-order valence-electron chi connectivity index (χ3n) is 0. The van der Waals surface area contributed by atoms with Gasteiger partial charge in [0.2, 0.25) is 0 Å². The van der Waals surface area contributed by atoms with Crippen LogP contribution in [0.3, 0.4) is 0 Å². The van der Waals surface area contributed by atoms with Crippen molar-refractivity contribution in [2.24, 2.45) is 0 Å². The monoisotopic (exact) mass is 209 g/mol. The fourth-order valence-electron chi connectivity index (χ4n) is 0. The molecule has 0 aromatic heterocycles. The summed E-state index contributed by atoms with van der Waals surface area (Å²) in [5, 5.41) is 0. The summed E-state index contributed by atoms with van der Waals surface area (Å²) in [6.07, 6.45) is 0. The van der Waals surface area contributed by atoms with E-state index in [-0.39, 0.29) is 38.6 Å². The van der Waals surface area contributed by atoms with Crippen LogP contribution in [0.25, 0.3) is 0 Å². The molecule has 1 radical (unpaired) electrons. The first-order chi connectivity index (χ1) is 2.83. The molecule has 0 fully saturated rings. The van der Waals surface area contributed by atoms with Crippen LogP contribution in [0, 0.1) is 0 Å². The molecule has 0 rings (SSSR count). The molecule has 9 heteroatoms. The Morgan fingerprint density at radius 2 is 1.00 bits per heavy atom. The van der Waals surface area contributed by atoms with E-state index in [1.54, 1.807) is 0 Å². The minimum absolute atomic E-state index is 0. The van der Waals surface area contributed by atoms with Crippen LogP contribution < -0.4 is 12.3 Å². The molecule has 0 bridgehead atoms. The second kappa shape index (κ2) is 108. The zero-order valence-electron chi connectivity index (χ0n) is 4.90. The predicted molar refractivity (Wildman–Crippen MR) is 33.6 cm³/mol. The van der Waals surface area contributed by atoms with Gasteiger partial charge in [0.25, 0.3) is 0 Å². The fraction of sp³-hybridized carbons (Fsp3) is 1.00. The van der Waals surface area contributed by atoms with E-state index in [4.69, 9.17) is 16.8 Å². The second-order valence-electron chi connectivity index (χ2n) is 0.142. The molecule has 63 valence electrons. The van der Waals surface area contributed by atoms with Gasteiger partial charge < -0.3 is 12.3 Å². The molecule has 0 saturated heterocycles. The zero-order chi connectivity index (χ0) is 5.41. The Hall–Kier alpha value is 0.537. The quantitative estimate of drug-likeness (QED) is 0.444. The van der Waals surface area contributed by atoms with E-state index in [0.717, 1.165) is 0 Å². The van der Waals surface area contributed by atoms with Crippen molar-refractivity contribution in [1.29, 1.82) is 0 Å². The summed E-state index contributed by atoms with van der Waals surface area (Å²) in [4.78, 5) is 0. The van der Waals surface area contributed by atoms with Crippen LogP contribution >= 0.6 is 8.34 Å². The Balaban J connectivity index is -0.00000000571. The van der Waals surface area contributed by atoms with Crippen LogP contribution in [0.4, 0.5) is 0 Å². The van der Waals surface area contributed by atoms with Gasteiger partial charge >= 0.3 is 30.8 Å². The van der Waals surface area contributed by atoms with E-state index in [0.29, 0.717) is 0 Å².